The van der Waals surface area contributed by atoms with Gasteiger partial charge in [0.15, 0.2) is 11.6 Å². The molecular weight excluding hydrogens is 348 g/mol. The van der Waals surface area contributed by atoms with Crippen LogP contribution in [0.3, 0.4) is 0 Å². The van der Waals surface area contributed by atoms with E-state index in [1.165, 1.54) is 19.4 Å². The summed E-state index contributed by atoms with van der Waals surface area (Å²) in [7, 11) is 0. The van der Waals surface area contributed by atoms with Crippen molar-refractivity contribution in [2.45, 2.75) is 26.7 Å². The average Bonchev–Trinajstić information content (AvgIpc) is 3.24. The van der Waals surface area contributed by atoms with E-state index in [2.05, 4.69) is 34.6 Å². The van der Waals surface area contributed by atoms with Gasteiger partial charge in [-0.15, -0.1) is 0 Å². The molecule has 0 N–H and O–H groups in total. The van der Waals surface area contributed by atoms with Crippen LogP contribution in [-0.2, 0) is 0 Å². The highest BCUT2D eigenvalue weighted by Crippen LogP contribution is 2.32. The van der Waals surface area contributed by atoms with E-state index < -0.39 is 0 Å². The molecule has 0 aliphatic carbocycles. The number of aryl methyl sites for hydroxylation is 1. The summed E-state index contributed by atoms with van der Waals surface area (Å²) >= 11 is 0. The predicted octanol–water partition coefficient (Wildman–Crippen LogP) is 4.97. The van der Waals surface area contributed by atoms with Gasteiger partial charge in [-0.05, 0) is 44.0 Å². The minimum atomic E-state index is 0.565. The molecule has 4 rings (SSSR count). The van der Waals surface area contributed by atoms with Crippen LogP contribution in [0, 0.1) is 19.4 Å². The molecule has 28 heavy (non-hydrogen) atoms. The fourth-order valence-corrected chi connectivity index (χ4v) is 4.08. The largest absolute Gasteiger partial charge is 0.478 e. The topological polar surface area (TPSA) is 34.1 Å². The maximum absolute atomic E-state index is 7.15. The molecule has 144 valence electrons. The zero-order chi connectivity index (χ0) is 19.5. The van der Waals surface area contributed by atoms with Crippen molar-refractivity contribution in [2.24, 2.45) is 5.92 Å². The normalized spacial score (nSPS) is 17.5. The number of aromatic nitrogens is 2. The lowest BCUT2D eigenvalue weighted by molar-refractivity contribution is 0.132. The van der Waals surface area contributed by atoms with Gasteiger partial charge in [-0.2, -0.15) is 0 Å². The Hall–Kier alpha value is -2.84. The zero-order valence-electron chi connectivity index (χ0n) is 16.6. The molecule has 5 heteroatoms. The number of hydrogen-bond donors (Lipinski definition) is 0. The molecule has 1 atom stereocenters. The Balaban J connectivity index is 1.63. The summed E-state index contributed by atoms with van der Waals surface area (Å²) in [6.45, 7) is 15.6. The molecule has 0 spiro atoms. The molecule has 0 amide bonds. The monoisotopic (exact) mass is 374 g/mol. The minimum Gasteiger partial charge on any atom is -0.478 e. The second-order valence-corrected chi connectivity index (χ2v) is 7.51. The number of ether oxygens (including phenoxy) is 1. The van der Waals surface area contributed by atoms with Crippen LogP contribution in [0.2, 0.25) is 0 Å². The first-order valence-electron chi connectivity index (χ1n) is 9.99. The van der Waals surface area contributed by atoms with Gasteiger partial charge >= 0.3 is 0 Å². The molecule has 0 radical (unpaired) electrons. The third-order valence-corrected chi connectivity index (χ3v) is 5.71. The summed E-state index contributed by atoms with van der Waals surface area (Å²) < 4.78 is 8.35. The lowest BCUT2D eigenvalue weighted by Crippen LogP contribution is -2.37. The molecule has 0 bridgehead atoms. The molecule has 3 heterocycles. The van der Waals surface area contributed by atoms with Crippen LogP contribution < -0.4 is 4.74 Å². The van der Waals surface area contributed by atoms with Gasteiger partial charge in [-0.3, -0.25) is 4.40 Å². The Morgan fingerprint density at radius 1 is 1.29 bits per heavy atom. The Labute approximate surface area is 166 Å². The van der Waals surface area contributed by atoms with Gasteiger partial charge in [0.05, 0.1) is 13.2 Å². The molecule has 0 saturated carbocycles. The van der Waals surface area contributed by atoms with Gasteiger partial charge < -0.3 is 9.64 Å². The summed E-state index contributed by atoms with van der Waals surface area (Å²) in [5, 5.41) is 0. The van der Waals surface area contributed by atoms with Gasteiger partial charge in [0, 0.05) is 36.5 Å². The van der Waals surface area contributed by atoms with Crippen molar-refractivity contribution in [1.82, 2.24) is 14.3 Å². The predicted molar refractivity (Wildman–Crippen MR) is 112 cm³/mol. The SMILES string of the molecule is [C-]#[N+]c1ccc(-c2cc(OCC3CCCN(CC)C3)n3ccnc3c2C)cc1. The standard InChI is InChI=1S/C23H26N4O/c1-4-26-12-5-6-18(15-26)16-28-22-14-21(17(2)23-25-11-13-27(22)23)19-7-9-20(24-3)10-8-19/h7-11,13-14,18H,4-6,12,15-16H2,1-2H3. The molecule has 5 nitrogen and oxygen atoms in total. The van der Waals surface area contributed by atoms with Crippen molar-refractivity contribution >= 4 is 11.3 Å². The van der Waals surface area contributed by atoms with Gasteiger partial charge in [-0.25, -0.2) is 9.83 Å². The fraction of sp³-hybridized carbons (Fsp3) is 0.391. The van der Waals surface area contributed by atoms with E-state index in [4.69, 9.17) is 11.3 Å². The number of benzene rings is 1. The van der Waals surface area contributed by atoms with Gasteiger partial charge in [0.2, 0.25) is 0 Å². The second-order valence-electron chi connectivity index (χ2n) is 7.51. The smallest absolute Gasteiger partial charge is 0.199 e. The maximum atomic E-state index is 7.15. The number of nitrogens with zero attached hydrogens (tertiary/aromatic N) is 4. The number of hydrogen-bond acceptors (Lipinski definition) is 3. The quantitative estimate of drug-likeness (QED) is 0.591. The highest BCUT2D eigenvalue weighted by Gasteiger charge is 2.20. The fourth-order valence-electron chi connectivity index (χ4n) is 4.08. The number of likely N-dealkylation sites (tertiary alicyclic amines) is 1. The first-order chi connectivity index (χ1) is 13.7. The van der Waals surface area contributed by atoms with Crippen molar-refractivity contribution in [3.8, 4) is 17.0 Å². The van der Waals surface area contributed by atoms with Crippen molar-refractivity contribution in [3.63, 3.8) is 0 Å². The van der Waals surface area contributed by atoms with Gasteiger partial charge in [0.1, 0.15) is 5.65 Å². The average molecular weight is 374 g/mol. The lowest BCUT2D eigenvalue weighted by atomic mass is 9.99. The van der Waals surface area contributed by atoms with Crippen LogP contribution in [0.25, 0.3) is 21.6 Å². The Morgan fingerprint density at radius 3 is 2.86 bits per heavy atom. The van der Waals surface area contributed by atoms with E-state index in [1.807, 2.05) is 41.1 Å². The number of imidazole rings is 1. The van der Waals surface area contributed by atoms with E-state index in [-0.39, 0.29) is 0 Å². The van der Waals surface area contributed by atoms with E-state index in [0.717, 1.165) is 47.9 Å². The van der Waals surface area contributed by atoms with Crippen LogP contribution in [0.15, 0.2) is 42.7 Å². The van der Waals surface area contributed by atoms with E-state index >= 15 is 0 Å². The molecule has 2 aromatic heterocycles. The minimum absolute atomic E-state index is 0.565. The van der Waals surface area contributed by atoms with Crippen LogP contribution in [0.4, 0.5) is 5.69 Å². The summed E-state index contributed by atoms with van der Waals surface area (Å²) in [5.41, 5.74) is 4.86. The molecule has 1 aliphatic heterocycles. The van der Waals surface area contributed by atoms with Crippen LogP contribution in [0.1, 0.15) is 25.3 Å². The number of piperidine rings is 1. The van der Waals surface area contributed by atoms with Crippen molar-refractivity contribution in [2.75, 3.05) is 26.2 Å². The Morgan fingerprint density at radius 2 is 2.11 bits per heavy atom. The first kappa shape index (κ1) is 18.5. The molecule has 1 fully saturated rings. The third-order valence-electron chi connectivity index (χ3n) is 5.71. The van der Waals surface area contributed by atoms with E-state index in [9.17, 15) is 0 Å². The van der Waals surface area contributed by atoms with Crippen LogP contribution in [0.5, 0.6) is 5.88 Å². The van der Waals surface area contributed by atoms with E-state index in [0.29, 0.717) is 11.6 Å². The highest BCUT2D eigenvalue weighted by atomic mass is 16.5. The molecule has 1 aromatic carbocycles. The molecule has 1 saturated heterocycles. The van der Waals surface area contributed by atoms with Crippen molar-refractivity contribution < 1.29 is 4.74 Å². The summed E-state index contributed by atoms with van der Waals surface area (Å²) in [5.74, 6) is 1.39. The Kier molecular flexibility index (Phi) is 5.31. The molecular formula is C23H26N4O. The van der Waals surface area contributed by atoms with Crippen molar-refractivity contribution in [3.05, 3.63) is 59.7 Å². The number of pyridine rings is 1. The first-order valence-corrected chi connectivity index (χ1v) is 9.99. The Bertz CT molecular complexity index is 1000. The van der Waals surface area contributed by atoms with Gasteiger partial charge in [-0.1, -0.05) is 31.2 Å². The highest BCUT2D eigenvalue weighted by molar-refractivity contribution is 5.75. The zero-order valence-corrected chi connectivity index (χ0v) is 16.6. The molecule has 1 aliphatic rings. The summed E-state index contributed by atoms with van der Waals surface area (Å²) in [6.07, 6.45) is 6.25. The van der Waals surface area contributed by atoms with Gasteiger partial charge in [0.25, 0.3) is 0 Å². The molecule has 3 aromatic rings. The molecule has 1 unspecified atom stereocenters. The number of rotatable bonds is 5. The summed E-state index contributed by atoms with van der Waals surface area (Å²) in [4.78, 5) is 10.5. The number of fused-ring (bicyclic) bond motifs is 1. The summed E-state index contributed by atoms with van der Waals surface area (Å²) in [6, 6.07) is 9.83. The van der Waals surface area contributed by atoms with Crippen molar-refractivity contribution in [1.29, 1.82) is 0 Å². The second kappa shape index (κ2) is 8.04. The lowest BCUT2D eigenvalue weighted by Gasteiger charge is -2.31. The third kappa shape index (κ3) is 3.61. The maximum Gasteiger partial charge on any atom is 0.199 e. The van der Waals surface area contributed by atoms with Crippen LogP contribution >= 0.6 is 0 Å². The van der Waals surface area contributed by atoms with E-state index in [1.54, 1.807) is 0 Å². The van der Waals surface area contributed by atoms with Crippen LogP contribution in [-0.4, -0.2) is 40.5 Å².